The maximum absolute atomic E-state index is 13.3. The Kier molecular flexibility index (Phi) is 7.09. The van der Waals surface area contributed by atoms with Gasteiger partial charge in [-0.05, 0) is 46.3 Å². The summed E-state index contributed by atoms with van der Waals surface area (Å²) in [7, 11) is 1.37. The number of aromatic nitrogens is 4. The Labute approximate surface area is 174 Å². The number of halogens is 1. The molecule has 29 heavy (non-hydrogen) atoms. The van der Waals surface area contributed by atoms with Crippen molar-refractivity contribution in [3.8, 4) is 0 Å². The predicted molar refractivity (Wildman–Crippen MR) is 108 cm³/mol. The molecular weight excluding hydrogens is 395 g/mol. The Morgan fingerprint density at radius 2 is 1.76 bits per heavy atom. The number of carbonyl (C=O) groups excluding carboxylic acids is 1. The van der Waals surface area contributed by atoms with Crippen LogP contribution in [0.25, 0.3) is 0 Å². The molecule has 0 saturated carbocycles. The fourth-order valence-corrected chi connectivity index (χ4v) is 3.67. The molecular formula is C19H27FN6O2S. The predicted octanol–water partition coefficient (Wildman–Crippen LogP) is 2.09. The van der Waals surface area contributed by atoms with Crippen molar-refractivity contribution in [3.63, 3.8) is 0 Å². The lowest BCUT2D eigenvalue weighted by Gasteiger charge is -2.38. The van der Waals surface area contributed by atoms with Crippen LogP contribution in [0.3, 0.4) is 0 Å². The number of tetrazole rings is 1. The van der Waals surface area contributed by atoms with Gasteiger partial charge in [0.25, 0.3) is 0 Å². The van der Waals surface area contributed by atoms with Crippen molar-refractivity contribution in [3.05, 3.63) is 40.4 Å². The van der Waals surface area contributed by atoms with E-state index in [1.165, 1.54) is 19.2 Å². The second-order valence-corrected chi connectivity index (χ2v) is 7.97. The van der Waals surface area contributed by atoms with Crippen LogP contribution in [-0.4, -0.2) is 68.8 Å². The van der Waals surface area contributed by atoms with Crippen molar-refractivity contribution in [2.75, 3.05) is 33.3 Å². The van der Waals surface area contributed by atoms with Gasteiger partial charge in [0.1, 0.15) is 11.9 Å². The summed E-state index contributed by atoms with van der Waals surface area (Å²) in [4.78, 5) is 16.7. The summed E-state index contributed by atoms with van der Waals surface area (Å²) >= 11 is 5.47. The Hall–Kier alpha value is -2.17. The fraction of sp³-hybridized carbons (Fsp3) is 0.579. The van der Waals surface area contributed by atoms with Crippen LogP contribution in [0.4, 0.5) is 4.39 Å². The van der Waals surface area contributed by atoms with Gasteiger partial charge in [0.05, 0.1) is 13.8 Å². The van der Waals surface area contributed by atoms with Crippen LogP contribution in [0, 0.1) is 16.5 Å². The molecule has 1 aliphatic heterocycles. The van der Waals surface area contributed by atoms with Crippen molar-refractivity contribution in [2.24, 2.45) is 5.92 Å². The molecule has 1 aromatic heterocycles. The lowest BCUT2D eigenvalue weighted by Crippen LogP contribution is -2.49. The Balaban J connectivity index is 1.64. The normalized spacial score (nSPS) is 16.9. The molecule has 2 aromatic rings. The van der Waals surface area contributed by atoms with E-state index in [-0.39, 0.29) is 11.8 Å². The minimum atomic E-state index is -0.545. The van der Waals surface area contributed by atoms with E-state index in [4.69, 9.17) is 17.0 Å². The summed E-state index contributed by atoms with van der Waals surface area (Å²) < 4.78 is 22.4. The van der Waals surface area contributed by atoms with E-state index in [0.29, 0.717) is 30.4 Å². The number of hydrogen-bond acceptors (Lipinski definition) is 7. The zero-order valence-electron chi connectivity index (χ0n) is 17.0. The summed E-state index contributed by atoms with van der Waals surface area (Å²) in [6, 6.07) is 5.45. The minimum Gasteiger partial charge on any atom is -0.468 e. The highest BCUT2D eigenvalue weighted by atomic mass is 32.1. The molecule has 10 heteroatoms. The van der Waals surface area contributed by atoms with Crippen LogP contribution in [-0.2, 0) is 22.7 Å². The van der Waals surface area contributed by atoms with E-state index in [1.54, 1.807) is 21.5 Å². The molecule has 0 amide bonds. The Bertz CT molecular complexity index is 874. The first-order chi connectivity index (χ1) is 13.9. The summed E-state index contributed by atoms with van der Waals surface area (Å²) in [5.41, 5.74) is 0.727. The first kappa shape index (κ1) is 21.5. The minimum absolute atomic E-state index is 0.329. The third-order valence-corrected chi connectivity index (χ3v) is 5.37. The highest BCUT2D eigenvalue weighted by molar-refractivity contribution is 7.71. The maximum atomic E-state index is 13.3. The number of carbonyl (C=O) groups is 1. The molecule has 8 nitrogen and oxygen atoms in total. The first-order valence-corrected chi connectivity index (χ1v) is 10.1. The maximum Gasteiger partial charge on any atom is 0.327 e. The average molecular weight is 423 g/mol. The molecule has 1 aliphatic rings. The van der Waals surface area contributed by atoms with E-state index in [2.05, 4.69) is 34.1 Å². The van der Waals surface area contributed by atoms with Gasteiger partial charge in [-0.3, -0.25) is 9.80 Å². The Morgan fingerprint density at radius 1 is 1.14 bits per heavy atom. The molecule has 3 rings (SSSR count). The number of nitrogens with zero attached hydrogens (tertiary/aromatic N) is 6. The van der Waals surface area contributed by atoms with Crippen LogP contribution in [0.1, 0.15) is 25.5 Å². The van der Waals surface area contributed by atoms with Gasteiger partial charge in [0.15, 0.2) is 0 Å². The number of rotatable bonds is 7. The lowest BCUT2D eigenvalue weighted by atomic mass is 10.0. The molecule has 0 spiro atoms. The zero-order chi connectivity index (χ0) is 21.0. The van der Waals surface area contributed by atoms with Crippen molar-refractivity contribution in [1.82, 2.24) is 29.6 Å². The van der Waals surface area contributed by atoms with Gasteiger partial charge in [-0.25, -0.2) is 18.5 Å². The van der Waals surface area contributed by atoms with Gasteiger partial charge < -0.3 is 4.74 Å². The quantitative estimate of drug-likeness (QED) is 0.500. The molecule has 1 unspecified atom stereocenters. The van der Waals surface area contributed by atoms with Crippen molar-refractivity contribution < 1.29 is 13.9 Å². The molecule has 0 bridgehead atoms. The summed E-state index contributed by atoms with van der Waals surface area (Å²) in [5, 5.41) is 8.32. The molecule has 0 N–H and O–H groups in total. The van der Waals surface area contributed by atoms with E-state index in [9.17, 15) is 9.18 Å². The highest BCUT2D eigenvalue weighted by Crippen LogP contribution is 2.24. The monoisotopic (exact) mass is 422 g/mol. The molecule has 1 atom stereocenters. The number of ether oxygens (including phenoxy) is 1. The van der Waals surface area contributed by atoms with E-state index in [1.807, 2.05) is 0 Å². The van der Waals surface area contributed by atoms with Crippen molar-refractivity contribution in [2.45, 2.75) is 33.1 Å². The lowest BCUT2D eigenvalue weighted by molar-refractivity contribution is -0.148. The Morgan fingerprint density at radius 3 is 2.34 bits per heavy atom. The van der Waals surface area contributed by atoms with Crippen LogP contribution < -0.4 is 0 Å². The second-order valence-electron chi connectivity index (χ2n) is 7.61. The summed E-state index contributed by atoms with van der Waals surface area (Å²) in [5.74, 6) is -0.231. The van der Waals surface area contributed by atoms with Gasteiger partial charge in [-0.2, -0.15) is 0 Å². The molecule has 1 fully saturated rings. The van der Waals surface area contributed by atoms with Gasteiger partial charge in [-0.1, -0.05) is 26.0 Å². The molecule has 0 aliphatic carbocycles. The van der Waals surface area contributed by atoms with Gasteiger partial charge in [-0.15, -0.1) is 0 Å². The molecule has 1 aromatic carbocycles. The van der Waals surface area contributed by atoms with E-state index in [0.717, 1.165) is 25.2 Å². The standard InChI is InChI=1S/C19H27FN6O2S/c1-14(2)12-25-19(29)26(22-21-25)13-23-8-10-24(11-9-23)17(18(27)28-3)15-4-6-16(20)7-5-15/h4-7,14,17H,8-13H2,1-3H3. The number of hydrogen-bond donors (Lipinski definition) is 0. The fourth-order valence-electron chi connectivity index (χ4n) is 3.46. The van der Waals surface area contributed by atoms with Crippen LogP contribution in [0.15, 0.2) is 24.3 Å². The van der Waals surface area contributed by atoms with Crippen LogP contribution in [0.2, 0.25) is 0 Å². The van der Waals surface area contributed by atoms with Crippen LogP contribution in [0.5, 0.6) is 0 Å². The summed E-state index contributed by atoms with van der Waals surface area (Å²) in [6.07, 6.45) is 0. The molecule has 158 valence electrons. The van der Waals surface area contributed by atoms with Gasteiger partial charge in [0.2, 0.25) is 4.77 Å². The third kappa shape index (κ3) is 5.26. The third-order valence-electron chi connectivity index (χ3n) is 4.95. The number of esters is 1. The van der Waals surface area contributed by atoms with Gasteiger partial charge in [0, 0.05) is 32.7 Å². The van der Waals surface area contributed by atoms with E-state index < -0.39 is 6.04 Å². The topological polar surface area (TPSA) is 68.4 Å². The number of piperazine rings is 1. The zero-order valence-corrected chi connectivity index (χ0v) is 17.8. The highest BCUT2D eigenvalue weighted by Gasteiger charge is 2.31. The first-order valence-electron chi connectivity index (χ1n) is 9.69. The molecule has 1 saturated heterocycles. The average Bonchev–Trinajstić information content (AvgIpc) is 3.03. The summed E-state index contributed by atoms with van der Waals surface area (Å²) in [6.45, 7) is 8.35. The van der Waals surface area contributed by atoms with E-state index >= 15 is 0 Å². The van der Waals surface area contributed by atoms with Crippen LogP contribution >= 0.6 is 12.2 Å². The van der Waals surface area contributed by atoms with Crippen molar-refractivity contribution >= 4 is 18.2 Å². The smallest absolute Gasteiger partial charge is 0.327 e. The largest absolute Gasteiger partial charge is 0.468 e. The molecule has 2 heterocycles. The second kappa shape index (κ2) is 9.55. The number of methoxy groups -OCH3 is 1. The van der Waals surface area contributed by atoms with Crippen molar-refractivity contribution in [1.29, 1.82) is 0 Å². The SMILES string of the molecule is COC(=O)C(c1ccc(F)cc1)N1CCN(Cn2nnn(CC(C)C)c2=S)CC1. The van der Waals surface area contributed by atoms with Gasteiger partial charge >= 0.3 is 5.97 Å². The number of benzene rings is 1. The molecule has 0 radical (unpaired) electrons.